The zero-order valence-corrected chi connectivity index (χ0v) is 19.5. The molecule has 0 atom stereocenters. The molecule has 1 N–H and O–H groups in total. The summed E-state index contributed by atoms with van der Waals surface area (Å²) in [4.78, 5) is 11.9. The first-order valence-electron chi connectivity index (χ1n) is 11.1. The van der Waals surface area contributed by atoms with Crippen LogP contribution < -0.4 is 4.74 Å². The van der Waals surface area contributed by atoms with Crippen molar-refractivity contribution in [2.75, 3.05) is 19.8 Å². The van der Waals surface area contributed by atoms with E-state index >= 15 is 0 Å². The molecule has 0 bridgehead atoms. The zero-order chi connectivity index (χ0) is 27.2. The van der Waals surface area contributed by atoms with Crippen LogP contribution in [0.25, 0.3) is 5.57 Å². The highest BCUT2D eigenvalue weighted by Crippen LogP contribution is 2.35. The predicted octanol–water partition coefficient (Wildman–Crippen LogP) is 4.71. The lowest BCUT2D eigenvalue weighted by Gasteiger charge is -2.34. The number of nitrogens with zero attached hydrogens (tertiary/aromatic N) is 2. The zero-order valence-electron chi connectivity index (χ0n) is 19.5. The summed E-state index contributed by atoms with van der Waals surface area (Å²) >= 11 is 0. The average molecular weight is 530 g/mol. The molecule has 1 aliphatic heterocycles. The van der Waals surface area contributed by atoms with Crippen LogP contribution in [0.1, 0.15) is 23.6 Å². The van der Waals surface area contributed by atoms with Gasteiger partial charge in [-0.3, -0.25) is 9.80 Å². The Bertz CT molecular complexity index is 1110. The predicted molar refractivity (Wildman–Crippen MR) is 123 cm³/mol. The molecule has 1 heterocycles. The fourth-order valence-corrected chi connectivity index (χ4v) is 3.46. The average Bonchev–Trinajstić information content (AvgIpc) is 2.84. The first-order chi connectivity index (χ1) is 17.6. The van der Waals surface area contributed by atoms with Gasteiger partial charge in [-0.05, 0) is 30.2 Å². The number of benzene rings is 2. The van der Waals surface area contributed by atoms with Gasteiger partial charge >= 0.3 is 0 Å². The van der Waals surface area contributed by atoms with Gasteiger partial charge in [0.05, 0.1) is 25.0 Å². The summed E-state index contributed by atoms with van der Waals surface area (Å²) < 4.78 is 88.2. The van der Waals surface area contributed by atoms with E-state index in [1.54, 1.807) is 25.1 Å². The van der Waals surface area contributed by atoms with Crippen molar-refractivity contribution in [2.24, 2.45) is 5.10 Å². The highest BCUT2D eigenvalue weighted by Gasteiger charge is 2.48. The molecule has 0 aromatic heterocycles. The molecule has 12 heteroatoms. The maximum absolute atomic E-state index is 13.2. The minimum Gasteiger partial charge on any atom is -0.487 e. The minimum atomic E-state index is -3.74. The maximum atomic E-state index is 13.2. The summed E-state index contributed by atoms with van der Waals surface area (Å²) in [6.45, 7) is 1.37. The largest absolute Gasteiger partial charge is 0.487 e. The van der Waals surface area contributed by atoms with E-state index in [9.17, 15) is 36.2 Å². The summed E-state index contributed by atoms with van der Waals surface area (Å²) in [5.41, 5.74) is -3.30. The van der Waals surface area contributed by atoms with E-state index in [0.717, 1.165) is 24.3 Å². The van der Waals surface area contributed by atoms with Gasteiger partial charge in [0, 0.05) is 17.3 Å². The number of alkyl halides is 6. The molecule has 1 aliphatic rings. The van der Waals surface area contributed by atoms with E-state index < -0.39 is 37.0 Å². The van der Waals surface area contributed by atoms with Gasteiger partial charge in [-0.15, -0.1) is 0 Å². The monoisotopic (exact) mass is 530 g/mol. The molecular formula is C25H24F6N2O4. The number of hydrazone groups is 1. The van der Waals surface area contributed by atoms with Crippen LogP contribution in [-0.2, 0) is 15.1 Å². The number of hydrogen-bond acceptors (Lipinski definition) is 6. The number of halogens is 6. The summed E-state index contributed by atoms with van der Waals surface area (Å²) in [5, 5.41) is 15.7. The summed E-state index contributed by atoms with van der Waals surface area (Å²) in [6, 6.07) is 10.3. The number of ether oxygens (including phenoxy) is 2. The van der Waals surface area contributed by atoms with Crippen molar-refractivity contribution in [1.29, 1.82) is 0 Å². The molecule has 0 unspecified atom stereocenters. The van der Waals surface area contributed by atoms with Gasteiger partial charge in [-0.25, -0.2) is 26.3 Å². The Morgan fingerprint density at radius 1 is 1.11 bits per heavy atom. The number of rotatable bonds is 12. The summed E-state index contributed by atoms with van der Waals surface area (Å²) in [7, 11) is 0. The topological polar surface area (TPSA) is 71.4 Å². The number of carbonyl (C=O) groups excluding carboxylic acids is 1. The third-order valence-electron chi connectivity index (χ3n) is 5.65. The standard InChI is InChI=1S/C25H24F6N2O4/c1-15(20-4-2-3-5-21(20)37-14-22(26)27)32-33(19-12-36-13-19)10-17(11-34)16-6-8-18(9-7-16)25(35,23(28)29)24(30)31/h2-11,19,22-24,35H,12-14H2,1H3/b17-10+,32-15+. The second-order valence-corrected chi connectivity index (χ2v) is 8.16. The van der Waals surface area contributed by atoms with Crippen LogP contribution in [0.3, 0.4) is 0 Å². The molecule has 0 radical (unpaired) electrons. The quantitative estimate of drug-likeness (QED) is 0.142. The van der Waals surface area contributed by atoms with E-state index in [2.05, 4.69) is 5.10 Å². The van der Waals surface area contributed by atoms with Crippen molar-refractivity contribution >= 4 is 17.6 Å². The van der Waals surface area contributed by atoms with Crippen molar-refractivity contribution in [1.82, 2.24) is 5.01 Å². The van der Waals surface area contributed by atoms with Crippen LogP contribution in [0.15, 0.2) is 59.8 Å². The molecule has 0 saturated carbocycles. The number of hydrogen-bond donors (Lipinski definition) is 1. The fourth-order valence-electron chi connectivity index (χ4n) is 3.46. The number of aliphatic hydroxyl groups is 1. The van der Waals surface area contributed by atoms with Crippen LogP contribution in [0.2, 0.25) is 0 Å². The van der Waals surface area contributed by atoms with Crippen LogP contribution in [-0.4, -0.2) is 67.3 Å². The SMILES string of the molecule is C/C(=N\N(/C=C(\C=O)c1ccc(C(O)(C(F)F)C(F)F)cc1)C1COC1)c1ccccc1OCC(F)F. The smallest absolute Gasteiger partial charge is 0.276 e. The van der Waals surface area contributed by atoms with E-state index in [1.165, 1.54) is 17.3 Å². The van der Waals surface area contributed by atoms with Crippen molar-refractivity contribution in [3.8, 4) is 5.75 Å². The van der Waals surface area contributed by atoms with Crippen LogP contribution >= 0.6 is 0 Å². The first-order valence-corrected chi connectivity index (χ1v) is 11.1. The minimum absolute atomic E-state index is 0.0369. The molecule has 3 rings (SSSR count). The van der Waals surface area contributed by atoms with E-state index in [-0.39, 0.29) is 36.1 Å². The fraction of sp³-hybridized carbons (Fsp3) is 0.360. The molecule has 2 aromatic carbocycles. The maximum Gasteiger partial charge on any atom is 0.276 e. The van der Waals surface area contributed by atoms with Gasteiger partial charge in [-0.2, -0.15) is 5.10 Å². The van der Waals surface area contributed by atoms with E-state index in [1.807, 2.05) is 0 Å². The van der Waals surface area contributed by atoms with Gasteiger partial charge in [0.15, 0.2) is 6.29 Å². The molecule has 6 nitrogen and oxygen atoms in total. The van der Waals surface area contributed by atoms with Crippen molar-refractivity contribution in [2.45, 2.75) is 37.8 Å². The van der Waals surface area contributed by atoms with E-state index in [0.29, 0.717) is 17.6 Å². The second-order valence-electron chi connectivity index (χ2n) is 8.16. The first kappa shape index (κ1) is 28.2. The molecule has 200 valence electrons. The lowest BCUT2D eigenvalue weighted by atomic mass is 9.93. The molecular weight excluding hydrogens is 506 g/mol. The Morgan fingerprint density at radius 2 is 1.73 bits per heavy atom. The highest BCUT2D eigenvalue weighted by molar-refractivity contribution is 6.07. The third-order valence-corrected chi connectivity index (χ3v) is 5.65. The van der Waals surface area contributed by atoms with Gasteiger partial charge < -0.3 is 14.6 Å². The van der Waals surface area contributed by atoms with Crippen molar-refractivity contribution in [3.05, 3.63) is 71.4 Å². The number of carbonyl (C=O) groups is 1. The summed E-state index contributed by atoms with van der Waals surface area (Å²) in [5.74, 6) is 0.189. The Morgan fingerprint density at radius 3 is 2.24 bits per heavy atom. The Kier molecular flexibility index (Phi) is 9.33. The number of allylic oxidation sites excluding steroid dienone is 1. The number of para-hydroxylation sites is 1. The van der Waals surface area contributed by atoms with Crippen molar-refractivity contribution < 1.29 is 45.7 Å². The lowest BCUT2D eigenvalue weighted by molar-refractivity contribution is -0.183. The highest BCUT2D eigenvalue weighted by atomic mass is 19.3. The second kappa shape index (κ2) is 12.2. The third kappa shape index (κ3) is 6.50. The lowest BCUT2D eigenvalue weighted by Crippen LogP contribution is -2.44. The normalized spacial score (nSPS) is 15.3. The van der Waals surface area contributed by atoms with Crippen LogP contribution in [0, 0.1) is 0 Å². The van der Waals surface area contributed by atoms with Crippen molar-refractivity contribution in [3.63, 3.8) is 0 Å². The number of aldehydes is 1. The van der Waals surface area contributed by atoms with Gasteiger partial charge in [-0.1, -0.05) is 36.4 Å². The van der Waals surface area contributed by atoms with Crippen LogP contribution in [0.5, 0.6) is 5.75 Å². The molecule has 0 amide bonds. The van der Waals surface area contributed by atoms with Gasteiger partial charge in [0.2, 0.25) is 5.60 Å². The van der Waals surface area contributed by atoms with E-state index in [4.69, 9.17) is 9.47 Å². The molecule has 2 aromatic rings. The molecule has 37 heavy (non-hydrogen) atoms. The summed E-state index contributed by atoms with van der Waals surface area (Å²) in [6.07, 6.45) is -8.31. The van der Waals surface area contributed by atoms with Gasteiger partial charge in [0.25, 0.3) is 19.3 Å². The van der Waals surface area contributed by atoms with Gasteiger partial charge in [0.1, 0.15) is 12.4 Å². The van der Waals surface area contributed by atoms with Crippen LogP contribution in [0.4, 0.5) is 26.3 Å². The molecule has 0 spiro atoms. The molecule has 0 aliphatic carbocycles. The Hall–Kier alpha value is -3.38. The molecule has 1 saturated heterocycles. The molecule has 1 fully saturated rings. The Labute approximate surface area is 208 Å². The Balaban J connectivity index is 1.93.